The van der Waals surface area contributed by atoms with Gasteiger partial charge in [-0.05, 0) is 54.7 Å². The van der Waals surface area contributed by atoms with Crippen molar-refractivity contribution in [3.63, 3.8) is 0 Å². The molecule has 1 nitrogen and oxygen atoms in total. The van der Waals surface area contributed by atoms with Crippen molar-refractivity contribution in [1.29, 1.82) is 0 Å². The summed E-state index contributed by atoms with van der Waals surface area (Å²) in [5.74, 6) is 0. The Morgan fingerprint density at radius 3 is 2.43 bits per heavy atom. The van der Waals surface area contributed by atoms with E-state index in [-0.39, 0.29) is 0 Å². The van der Waals surface area contributed by atoms with Gasteiger partial charge in [-0.25, -0.2) is 0 Å². The SMILES string of the molecule is CC(C)n1c2ccccc2c2c3c(ccc21)Cc1ccccc1-3. The van der Waals surface area contributed by atoms with Gasteiger partial charge in [-0.15, -0.1) is 0 Å². The Balaban J connectivity index is 2.03. The van der Waals surface area contributed by atoms with Crippen molar-refractivity contribution in [3.05, 3.63) is 71.8 Å². The van der Waals surface area contributed by atoms with Crippen molar-refractivity contribution >= 4 is 21.8 Å². The van der Waals surface area contributed by atoms with Crippen LogP contribution >= 0.6 is 0 Å². The molecule has 0 atom stereocenters. The number of benzene rings is 3. The van der Waals surface area contributed by atoms with Gasteiger partial charge in [0.2, 0.25) is 0 Å². The van der Waals surface area contributed by atoms with E-state index in [0.717, 1.165) is 6.42 Å². The summed E-state index contributed by atoms with van der Waals surface area (Å²) >= 11 is 0. The number of hydrogen-bond acceptors (Lipinski definition) is 0. The molecule has 0 unspecified atom stereocenters. The molecule has 0 fully saturated rings. The van der Waals surface area contributed by atoms with Gasteiger partial charge < -0.3 is 4.57 Å². The van der Waals surface area contributed by atoms with E-state index in [9.17, 15) is 0 Å². The van der Waals surface area contributed by atoms with Crippen LogP contribution in [0, 0.1) is 0 Å². The van der Waals surface area contributed by atoms with Crippen LogP contribution in [0.1, 0.15) is 31.0 Å². The van der Waals surface area contributed by atoms with Gasteiger partial charge in [0, 0.05) is 27.8 Å². The molecule has 1 aromatic heterocycles. The van der Waals surface area contributed by atoms with Crippen molar-refractivity contribution in [3.8, 4) is 11.1 Å². The lowest BCUT2D eigenvalue weighted by atomic mass is 9.99. The quantitative estimate of drug-likeness (QED) is 0.360. The minimum Gasteiger partial charge on any atom is -0.338 e. The summed E-state index contributed by atoms with van der Waals surface area (Å²) in [6.45, 7) is 4.54. The fraction of sp³-hybridized carbons (Fsp3) is 0.182. The predicted octanol–water partition coefficient (Wildman–Crippen LogP) is 5.95. The Hall–Kier alpha value is -2.54. The number of fused-ring (bicyclic) bond motifs is 7. The van der Waals surface area contributed by atoms with E-state index in [1.54, 1.807) is 0 Å². The van der Waals surface area contributed by atoms with E-state index in [2.05, 4.69) is 79.1 Å². The smallest absolute Gasteiger partial charge is 0.0500 e. The van der Waals surface area contributed by atoms with E-state index in [0.29, 0.717) is 6.04 Å². The lowest BCUT2D eigenvalue weighted by molar-refractivity contribution is 0.642. The minimum atomic E-state index is 0.451. The van der Waals surface area contributed by atoms with E-state index in [1.807, 2.05) is 0 Å². The molecule has 0 N–H and O–H groups in total. The third-order valence-electron chi connectivity index (χ3n) is 5.15. The number of para-hydroxylation sites is 1. The van der Waals surface area contributed by atoms with E-state index in [4.69, 9.17) is 0 Å². The maximum atomic E-state index is 2.48. The molecule has 23 heavy (non-hydrogen) atoms. The molecule has 0 aliphatic heterocycles. The summed E-state index contributed by atoms with van der Waals surface area (Å²) in [5, 5.41) is 2.81. The normalized spacial score (nSPS) is 13.0. The minimum absolute atomic E-state index is 0.451. The molecule has 1 aliphatic carbocycles. The number of rotatable bonds is 1. The van der Waals surface area contributed by atoms with E-state index < -0.39 is 0 Å². The molecule has 0 saturated carbocycles. The summed E-state index contributed by atoms with van der Waals surface area (Å²) < 4.78 is 2.48. The first-order valence-corrected chi connectivity index (χ1v) is 8.38. The van der Waals surface area contributed by atoms with Crippen molar-refractivity contribution < 1.29 is 0 Å². The zero-order valence-electron chi connectivity index (χ0n) is 13.5. The summed E-state index contributed by atoms with van der Waals surface area (Å²) in [6.07, 6.45) is 1.06. The molecule has 1 aliphatic rings. The molecule has 0 radical (unpaired) electrons. The zero-order valence-corrected chi connectivity index (χ0v) is 13.5. The van der Waals surface area contributed by atoms with Crippen LogP contribution in [0.2, 0.25) is 0 Å². The van der Waals surface area contributed by atoms with Gasteiger partial charge in [-0.2, -0.15) is 0 Å². The largest absolute Gasteiger partial charge is 0.338 e. The van der Waals surface area contributed by atoms with E-state index >= 15 is 0 Å². The van der Waals surface area contributed by atoms with Crippen LogP contribution in [-0.2, 0) is 6.42 Å². The van der Waals surface area contributed by atoms with Gasteiger partial charge in [0.1, 0.15) is 0 Å². The first-order valence-electron chi connectivity index (χ1n) is 8.38. The third-order valence-corrected chi connectivity index (χ3v) is 5.15. The number of nitrogens with zero attached hydrogens (tertiary/aromatic N) is 1. The van der Waals surface area contributed by atoms with Gasteiger partial charge in [0.05, 0.1) is 0 Å². The molecule has 112 valence electrons. The Morgan fingerprint density at radius 1 is 0.783 bits per heavy atom. The van der Waals surface area contributed by atoms with Gasteiger partial charge in [-0.3, -0.25) is 0 Å². The van der Waals surface area contributed by atoms with Crippen molar-refractivity contribution in [1.82, 2.24) is 4.57 Å². The van der Waals surface area contributed by atoms with E-state index in [1.165, 1.54) is 44.1 Å². The third kappa shape index (κ3) is 1.62. The second-order valence-electron chi connectivity index (χ2n) is 6.81. The van der Waals surface area contributed by atoms with Crippen LogP contribution in [0.3, 0.4) is 0 Å². The molecule has 0 bridgehead atoms. The zero-order chi connectivity index (χ0) is 15.6. The van der Waals surface area contributed by atoms with Gasteiger partial charge in [-0.1, -0.05) is 48.5 Å². The van der Waals surface area contributed by atoms with Crippen molar-refractivity contribution in [2.75, 3.05) is 0 Å². The fourth-order valence-corrected chi connectivity index (χ4v) is 4.27. The highest BCUT2D eigenvalue weighted by atomic mass is 15.0. The van der Waals surface area contributed by atoms with Crippen LogP contribution < -0.4 is 0 Å². The molecule has 1 heterocycles. The molecule has 1 heteroatoms. The monoisotopic (exact) mass is 297 g/mol. The fourth-order valence-electron chi connectivity index (χ4n) is 4.27. The highest BCUT2D eigenvalue weighted by Gasteiger charge is 2.24. The van der Waals surface area contributed by atoms with Gasteiger partial charge in [0.15, 0.2) is 0 Å². The summed E-state index contributed by atoms with van der Waals surface area (Å²) in [4.78, 5) is 0. The van der Waals surface area contributed by atoms with Gasteiger partial charge in [0.25, 0.3) is 0 Å². The van der Waals surface area contributed by atoms with Crippen LogP contribution in [0.4, 0.5) is 0 Å². The average Bonchev–Trinajstić information content (AvgIpc) is 3.09. The Labute approximate surface area is 136 Å². The standard InChI is InChI=1S/C22H19N/c1-14(2)23-19-10-6-5-9-18(19)22-20(23)12-11-16-13-15-7-3-4-8-17(15)21(16)22/h3-12,14H,13H2,1-2H3. The number of hydrogen-bond donors (Lipinski definition) is 0. The molecule has 4 aromatic rings. The van der Waals surface area contributed by atoms with Crippen LogP contribution in [0.5, 0.6) is 0 Å². The van der Waals surface area contributed by atoms with Gasteiger partial charge >= 0.3 is 0 Å². The maximum absolute atomic E-state index is 2.48. The maximum Gasteiger partial charge on any atom is 0.0500 e. The lowest BCUT2D eigenvalue weighted by Crippen LogP contribution is -1.99. The average molecular weight is 297 g/mol. The first kappa shape index (κ1) is 13.0. The second kappa shape index (κ2) is 4.48. The summed E-state index contributed by atoms with van der Waals surface area (Å²) in [6, 6.07) is 22.8. The van der Waals surface area contributed by atoms with Crippen LogP contribution in [0.25, 0.3) is 32.9 Å². The lowest BCUT2D eigenvalue weighted by Gasteiger charge is -2.12. The van der Waals surface area contributed by atoms with Crippen molar-refractivity contribution in [2.24, 2.45) is 0 Å². The molecular formula is C22H19N. The highest BCUT2D eigenvalue weighted by Crippen LogP contribution is 2.45. The molecule has 5 rings (SSSR count). The van der Waals surface area contributed by atoms with Crippen molar-refractivity contribution in [2.45, 2.75) is 26.3 Å². The predicted molar refractivity (Wildman–Crippen MR) is 98.1 cm³/mol. The molecule has 0 amide bonds. The summed E-state index contributed by atoms with van der Waals surface area (Å²) in [7, 11) is 0. The number of aromatic nitrogens is 1. The van der Waals surface area contributed by atoms with Crippen LogP contribution in [0.15, 0.2) is 60.7 Å². The van der Waals surface area contributed by atoms with Crippen LogP contribution in [-0.4, -0.2) is 4.57 Å². The Kier molecular flexibility index (Phi) is 2.52. The second-order valence-corrected chi connectivity index (χ2v) is 6.81. The molecule has 0 saturated heterocycles. The molecule has 3 aromatic carbocycles. The Bertz CT molecular complexity index is 1070. The Morgan fingerprint density at radius 2 is 1.57 bits per heavy atom. The topological polar surface area (TPSA) is 4.93 Å². The first-order chi connectivity index (χ1) is 11.3. The highest BCUT2D eigenvalue weighted by molar-refractivity contribution is 6.16. The molecular weight excluding hydrogens is 278 g/mol. The summed E-state index contributed by atoms with van der Waals surface area (Å²) in [5.41, 5.74) is 8.49. The molecule has 0 spiro atoms.